The number of hydrogen-bond acceptors (Lipinski definition) is 11. The van der Waals surface area contributed by atoms with Gasteiger partial charge in [-0.15, -0.1) is 12.4 Å². The summed E-state index contributed by atoms with van der Waals surface area (Å²) in [4.78, 5) is 69.2. The molecule has 4 rings (SSSR count). The van der Waals surface area contributed by atoms with E-state index in [0.29, 0.717) is 72.7 Å². The van der Waals surface area contributed by atoms with Crippen molar-refractivity contribution >= 4 is 131 Å². The summed E-state index contributed by atoms with van der Waals surface area (Å²) in [5.41, 5.74) is 2.00. The number of halogens is 3. The van der Waals surface area contributed by atoms with Crippen molar-refractivity contribution in [3.05, 3.63) is 70.8 Å². The number of amides is 4. The first-order valence-electron chi connectivity index (χ1n) is 22.0. The number of carbonyl (C=O) groups excluding carboxylic acids is 6. The van der Waals surface area contributed by atoms with Crippen LogP contribution in [0, 0.1) is 0 Å². The van der Waals surface area contributed by atoms with E-state index in [4.69, 9.17) is 16.4 Å². The van der Waals surface area contributed by atoms with E-state index in [0.717, 1.165) is 31.0 Å². The molecule has 0 N–H and O–H groups in total. The fourth-order valence-corrected chi connectivity index (χ4v) is 9.03. The van der Waals surface area contributed by atoms with Gasteiger partial charge in [0.1, 0.15) is 6.79 Å². The van der Waals surface area contributed by atoms with Crippen molar-refractivity contribution in [3.8, 4) is 0 Å². The third kappa shape index (κ3) is 29.0. The predicted octanol–water partition coefficient (Wildman–Crippen LogP) is 8.99. The molecule has 2 aliphatic heterocycles. The summed E-state index contributed by atoms with van der Waals surface area (Å²) >= 11 is 22.1. The zero-order chi connectivity index (χ0) is 47.5. The minimum absolute atomic E-state index is 0. The number of rotatable bonds is 25. The van der Waals surface area contributed by atoms with Gasteiger partial charge in [-0.2, -0.15) is 0 Å². The third-order valence-electron chi connectivity index (χ3n) is 9.98. The Morgan fingerprint density at radius 3 is 1.32 bits per heavy atom. The molecule has 0 radical (unpaired) electrons. The second-order valence-electron chi connectivity index (χ2n) is 14.6. The number of ether oxygens (including phenoxy) is 1. The predicted molar refractivity (Wildman–Crippen MR) is 279 cm³/mol. The van der Waals surface area contributed by atoms with Gasteiger partial charge in [-0.25, -0.2) is 0 Å². The summed E-state index contributed by atoms with van der Waals surface area (Å²) in [5.74, 6) is 0.159. The summed E-state index contributed by atoms with van der Waals surface area (Å²) in [7, 11) is -2.16. The first-order chi connectivity index (χ1) is 30.3. The van der Waals surface area contributed by atoms with Crippen LogP contribution in [0.4, 0.5) is 0 Å². The molecule has 2 heterocycles. The first-order valence-corrected chi connectivity index (χ1v) is 26.6. The molecule has 0 aliphatic carbocycles. The molecular weight excluding hydrogens is 1040 g/mol. The molecule has 0 saturated carbocycles. The Balaban J connectivity index is -0.000000812. The summed E-state index contributed by atoms with van der Waals surface area (Å²) in [6.07, 6.45) is 21.0. The van der Waals surface area contributed by atoms with E-state index in [1.165, 1.54) is 80.4 Å². The maximum atomic E-state index is 12.1. The summed E-state index contributed by atoms with van der Waals surface area (Å²) in [6, 6.07) is 13.8. The molecular formula is C47H68BrCl2KN2O8S4. The number of fused-ring (bicyclic) bond motifs is 2. The first kappa shape index (κ1) is 68.3. The minimum atomic E-state index is -2.16. The van der Waals surface area contributed by atoms with E-state index in [9.17, 15) is 28.2 Å². The number of hydrogen-bond donors (Lipinski definition) is 0. The van der Waals surface area contributed by atoms with Crippen LogP contribution < -0.4 is 51.4 Å². The monoisotopic (exact) mass is 1100 g/mol. The second kappa shape index (κ2) is 43.1. The van der Waals surface area contributed by atoms with Crippen molar-refractivity contribution < 1.29 is 89.1 Å². The number of carbonyl (C=O) groups is 6. The molecule has 0 fully saturated rings. The molecule has 0 saturated heterocycles. The number of benzene rings is 2. The van der Waals surface area contributed by atoms with Crippen molar-refractivity contribution in [1.82, 2.24) is 9.80 Å². The number of imide groups is 2. The second-order valence-corrected chi connectivity index (χ2v) is 20.1. The van der Waals surface area contributed by atoms with Crippen LogP contribution in [-0.2, 0) is 36.5 Å². The molecule has 1 atom stereocenters. The van der Waals surface area contributed by atoms with Gasteiger partial charge in [-0.1, -0.05) is 131 Å². The van der Waals surface area contributed by atoms with Gasteiger partial charge in [0.15, 0.2) is 0 Å². The number of nitrogens with zero attached hydrogens (tertiary/aromatic N) is 2. The van der Waals surface area contributed by atoms with Crippen LogP contribution >= 0.6 is 64.4 Å². The quantitative estimate of drug-likeness (QED) is 0.0179. The van der Waals surface area contributed by atoms with Crippen molar-refractivity contribution in [1.29, 1.82) is 0 Å². The maximum Gasteiger partial charge on any atom is 1.00 e. The zero-order valence-electron chi connectivity index (χ0n) is 38.8. The van der Waals surface area contributed by atoms with E-state index in [2.05, 4.69) is 69.0 Å². The zero-order valence-corrected chi connectivity index (χ0v) is 48.3. The molecule has 0 bridgehead atoms. The van der Waals surface area contributed by atoms with E-state index < -0.39 is 9.52 Å². The Morgan fingerprint density at radius 2 is 1.05 bits per heavy atom. The van der Waals surface area contributed by atoms with Crippen LogP contribution in [0.25, 0.3) is 0 Å². The van der Waals surface area contributed by atoms with E-state index in [1.807, 2.05) is 20.6 Å². The van der Waals surface area contributed by atoms with Gasteiger partial charge >= 0.3 is 51.4 Å². The Kier molecular flexibility index (Phi) is 45.2. The fourth-order valence-electron chi connectivity index (χ4n) is 6.50. The fraction of sp³-hybridized carbons (Fsp3) is 0.574. The molecule has 4 amide bonds. The van der Waals surface area contributed by atoms with Crippen molar-refractivity contribution in [2.45, 2.75) is 136 Å². The molecule has 360 valence electrons. The Hall–Kier alpha value is -0.984. The van der Waals surface area contributed by atoms with Crippen LogP contribution in [0.2, 0.25) is 0 Å². The van der Waals surface area contributed by atoms with Crippen molar-refractivity contribution in [2.24, 2.45) is 0 Å². The van der Waals surface area contributed by atoms with Crippen LogP contribution in [0.15, 0.2) is 48.5 Å². The standard InChI is InChI=1S/C16H31ClO.C15H17NO3S2.C12H12BrNO2.C3H6OS2.CH2O.ClH.K/c1-2-3-4-5-6-7-8-9-10-11-12-13-14-15-16(17)18;1-2-21(19,11-20)10-6-5-9-16-14(17)12-7-3-4-8-13(12)15(16)18;13-7-3-4-8-14-11(15)9-5-1-2-6-10(9)12(14)16;1-2-4-3(5)6;1-2;;/h2-15H2,1H3;3-4,7-8H,2,5-6,9-10H2,1H3;1-2,5-6H,3-4,7-8H2;2H2,1H3,(H,5,6);1H2;1H;/q;;;;;;+1/p-1. The Bertz CT molecular complexity index is 1800. The van der Waals surface area contributed by atoms with Gasteiger partial charge in [0, 0.05) is 54.6 Å². The normalized spacial score (nSPS) is 12.6. The van der Waals surface area contributed by atoms with Crippen LogP contribution in [0.1, 0.15) is 178 Å². The summed E-state index contributed by atoms with van der Waals surface area (Å²) in [5, 5.41) is 0.717. The van der Waals surface area contributed by atoms with Gasteiger partial charge in [-0.05, 0) is 87.1 Å². The van der Waals surface area contributed by atoms with Crippen LogP contribution in [0.5, 0.6) is 0 Å². The molecule has 2 aromatic carbocycles. The van der Waals surface area contributed by atoms with Crippen molar-refractivity contribution in [2.75, 3.05) is 36.5 Å². The van der Waals surface area contributed by atoms with Gasteiger partial charge in [-0.3, -0.25) is 38.0 Å². The van der Waals surface area contributed by atoms with Gasteiger partial charge in [0.25, 0.3) is 23.6 Å². The smallest absolute Gasteiger partial charge is 0.514 e. The molecule has 18 heteroatoms. The van der Waals surface area contributed by atoms with Crippen LogP contribution in [-0.4, -0.2) is 94.9 Å². The molecule has 0 aromatic heterocycles. The number of thiocarbonyl (C=S) groups is 2. The molecule has 10 nitrogen and oxygen atoms in total. The van der Waals surface area contributed by atoms with Gasteiger partial charge in [0.05, 0.1) is 28.9 Å². The van der Waals surface area contributed by atoms with Crippen LogP contribution in [0.3, 0.4) is 0 Å². The maximum absolute atomic E-state index is 12.1. The average Bonchev–Trinajstić information content (AvgIpc) is 3.68. The SMILES string of the molecule is C=O.CCCCCCCCCCCCCCCC(=O)Cl.CCOC(=S)[S-].CCS(=O)(=C=S)CCCCN1C(=O)c2ccccc2C1=O.Cl.O=C1c2ccccc2C(=O)N1CCCCBr.[K+]. The molecule has 2 aliphatic rings. The van der Waals surface area contributed by atoms with Crippen molar-refractivity contribution in [3.63, 3.8) is 0 Å². The molecule has 65 heavy (non-hydrogen) atoms. The number of alkyl halides is 1. The molecule has 0 spiro atoms. The summed E-state index contributed by atoms with van der Waals surface area (Å²) in [6.45, 7) is 9.39. The Morgan fingerprint density at radius 1 is 0.692 bits per heavy atom. The number of unbranched alkanes of at least 4 members (excludes halogenated alkanes) is 14. The summed E-state index contributed by atoms with van der Waals surface area (Å²) < 4.78 is 19.3. The topological polar surface area (TPSA) is 135 Å². The average molecular weight is 1110 g/mol. The minimum Gasteiger partial charge on any atom is -0.514 e. The molecule has 2 aromatic rings. The van der Waals surface area contributed by atoms with E-state index >= 15 is 0 Å². The van der Waals surface area contributed by atoms with E-state index in [1.54, 1.807) is 48.5 Å². The Labute approximate surface area is 468 Å². The largest absolute Gasteiger partial charge is 1.00 e. The van der Waals surface area contributed by atoms with Gasteiger partial charge < -0.3 is 34.4 Å². The molecule has 1 unspecified atom stereocenters. The third-order valence-corrected chi connectivity index (χ3v) is 14.1. The van der Waals surface area contributed by atoms with E-state index in [-0.39, 0.29) is 97.0 Å². The van der Waals surface area contributed by atoms with Gasteiger partial charge in [0.2, 0.25) is 5.24 Å².